The van der Waals surface area contributed by atoms with E-state index in [-0.39, 0.29) is 32.7 Å². The fraction of sp³-hybridized carbons (Fsp3) is 0.0435. The monoisotopic (exact) mass is 395 g/mol. The molecular formula is C23H16NY-. The number of nitrogens with zero attached hydrogens (tertiary/aromatic N) is 1. The summed E-state index contributed by atoms with van der Waals surface area (Å²) in [6.45, 7) is 0. The molecule has 0 bridgehead atoms. The molecule has 1 radical (unpaired) electrons. The zero-order chi connectivity index (χ0) is 16.1. The van der Waals surface area contributed by atoms with Gasteiger partial charge in [-0.2, -0.15) is 30.3 Å². The molecule has 2 heteroatoms. The van der Waals surface area contributed by atoms with Crippen molar-refractivity contribution < 1.29 is 32.7 Å². The SMILES string of the molecule is Cn1c2ccc(-c3cc[c-]cc3)cc2c2ccc3ccccc3c21.[Y]. The second kappa shape index (κ2) is 6.40. The van der Waals surface area contributed by atoms with Gasteiger partial charge in [0.25, 0.3) is 0 Å². The molecule has 25 heavy (non-hydrogen) atoms. The third-order valence-electron chi connectivity index (χ3n) is 4.94. The molecule has 0 amide bonds. The van der Waals surface area contributed by atoms with Gasteiger partial charge in [0.05, 0.1) is 5.52 Å². The number of hydrogen-bond donors (Lipinski definition) is 0. The summed E-state index contributed by atoms with van der Waals surface area (Å²) in [5.41, 5.74) is 5.06. The van der Waals surface area contributed by atoms with Crippen molar-refractivity contribution in [3.05, 3.63) is 84.9 Å². The molecule has 5 rings (SSSR count). The van der Waals surface area contributed by atoms with E-state index in [4.69, 9.17) is 0 Å². The first-order chi connectivity index (χ1) is 11.8. The standard InChI is InChI=1S/C23H16N.Y/c1-24-22-14-12-18(16-7-3-2-4-8-16)15-21(22)20-13-11-17-9-5-6-10-19(17)23(20)24;/h3-15H,1H3;/q-1;. The zero-order valence-corrected chi connectivity index (χ0v) is 16.9. The van der Waals surface area contributed by atoms with E-state index in [1.807, 2.05) is 12.1 Å². The van der Waals surface area contributed by atoms with E-state index < -0.39 is 0 Å². The van der Waals surface area contributed by atoms with Crippen LogP contribution in [0.15, 0.2) is 78.9 Å². The predicted molar refractivity (Wildman–Crippen MR) is 102 cm³/mol. The average molecular weight is 395 g/mol. The first-order valence-electron chi connectivity index (χ1n) is 8.19. The van der Waals surface area contributed by atoms with Crippen molar-refractivity contribution in [2.75, 3.05) is 0 Å². The molecular weight excluding hydrogens is 379 g/mol. The average Bonchev–Trinajstić information content (AvgIpc) is 2.95. The van der Waals surface area contributed by atoms with Gasteiger partial charge >= 0.3 is 0 Å². The summed E-state index contributed by atoms with van der Waals surface area (Å²) in [5, 5.41) is 5.22. The van der Waals surface area contributed by atoms with Crippen LogP contribution in [0.3, 0.4) is 0 Å². The Bertz CT molecular complexity index is 1200. The van der Waals surface area contributed by atoms with E-state index >= 15 is 0 Å². The summed E-state index contributed by atoms with van der Waals surface area (Å²) >= 11 is 0. The van der Waals surface area contributed by atoms with Gasteiger partial charge < -0.3 is 4.57 Å². The Labute approximate surface area is 172 Å². The second-order valence-electron chi connectivity index (χ2n) is 6.26. The largest absolute Gasteiger partial charge is 0.343 e. The maximum absolute atomic E-state index is 3.09. The third-order valence-corrected chi connectivity index (χ3v) is 4.94. The van der Waals surface area contributed by atoms with E-state index in [1.165, 1.54) is 43.7 Å². The van der Waals surface area contributed by atoms with Crippen molar-refractivity contribution in [3.8, 4) is 11.1 Å². The maximum atomic E-state index is 3.09. The minimum atomic E-state index is 0. The van der Waals surface area contributed by atoms with Gasteiger partial charge in [0.1, 0.15) is 0 Å². The van der Waals surface area contributed by atoms with Crippen LogP contribution >= 0.6 is 0 Å². The van der Waals surface area contributed by atoms with E-state index in [0.29, 0.717) is 0 Å². The molecule has 117 valence electrons. The van der Waals surface area contributed by atoms with Crippen molar-refractivity contribution in [1.82, 2.24) is 4.57 Å². The van der Waals surface area contributed by atoms with Gasteiger partial charge in [-0.1, -0.05) is 42.5 Å². The summed E-state index contributed by atoms with van der Waals surface area (Å²) in [6.07, 6.45) is 0. The number of benzene rings is 4. The van der Waals surface area contributed by atoms with Gasteiger partial charge in [-0.25, -0.2) is 0 Å². The molecule has 0 atom stereocenters. The summed E-state index contributed by atoms with van der Waals surface area (Å²) < 4.78 is 2.32. The molecule has 0 aliphatic rings. The Hall–Kier alpha value is -1.96. The van der Waals surface area contributed by atoms with Crippen LogP contribution in [0.4, 0.5) is 0 Å². The van der Waals surface area contributed by atoms with Crippen molar-refractivity contribution in [2.45, 2.75) is 0 Å². The molecule has 4 aromatic carbocycles. The first kappa shape index (κ1) is 16.5. The fourth-order valence-electron chi connectivity index (χ4n) is 3.76. The number of aromatic nitrogens is 1. The number of fused-ring (bicyclic) bond motifs is 5. The van der Waals surface area contributed by atoms with Crippen LogP contribution in [0.25, 0.3) is 43.7 Å². The predicted octanol–water partition coefficient (Wildman–Crippen LogP) is 5.95. The van der Waals surface area contributed by atoms with Gasteiger partial charge in [-0.15, -0.1) is 5.56 Å². The maximum Gasteiger partial charge on any atom is 0.0568 e. The van der Waals surface area contributed by atoms with Crippen LogP contribution in [0, 0.1) is 6.07 Å². The molecule has 0 fully saturated rings. The van der Waals surface area contributed by atoms with E-state index in [1.54, 1.807) is 0 Å². The Morgan fingerprint density at radius 2 is 1.52 bits per heavy atom. The Balaban J connectivity index is 0.00000157. The Kier molecular flexibility index (Phi) is 4.23. The molecule has 1 nitrogen and oxygen atoms in total. The quantitative estimate of drug-likeness (QED) is 0.309. The smallest absolute Gasteiger partial charge is 0.0568 e. The summed E-state index contributed by atoms with van der Waals surface area (Å²) in [4.78, 5) is 0. The van der Waals surface area contributed by atoms with E-state index in [0.717, 1.165) is 0 Å². The molecule has 1 aromatic heterocycles. The summed E-state index contributed by atoms with van der Waals surface area (Å²) in [6, 6.07) is 31.1. The van der Waals surface area contributed by atoms with Crippen LogP contribution in [-0.4, -0.2) is 4.57 Å². The van der Waals surface area contributed by atoms with Crippen molar-refractivity contribution in [3.63, 3.8) is 0 Å². The van der Waals surface area contributed by atoms with Crippen LogP contribution < -0.4 is 0 Å². The molecule has 0 aliphatic carbocycles. The van der Waals surface area contributed by atoms with Crippen molar-refractivity contribution in [1.29, 1.82) is 0 Å². The molecule has 0 saturated heterocycles. The van der Waals surface area contributed by atoms with Crippen molar-refractivity contribution in [2.24, 2.45) is 7.05 Å². The molecule has 0 aliphatic heterocycles. The molecule has 0 N–H and O–H groups in total. The molecule has 1 heterocycles. The Morgan fingerprint density at radius 1 is 0.720 bits per heavy atom. The van der Waals surface area contributed by atoms with Gasteiger partial charge in [-0.3, -0.25) is 0 Å². The van der Waals surface area contributed by atoms with Gasteiger partial charge in [0.15, 0.2) is 0 Å². The minimum absolute atomic E-state index is 0. The van der Waals surface area contributed by atoms with Crippen LogP contribution in [-0.2, 0) is 39.8 Å². The fourth-order valence-corrected chi connectivity index (χ4v) is 3.76. The van der Waals surface area contributed by atoms with Gasteiger partial charge in [-0.05, 0) is 23.1 Å². The van der Waals surface area contributed by atoms with Crippen LogP contribution in [0.2, 0.25) is 0 Å². The van der Waals surface area contributed by atoms with Crippen molar-refractivity contribution >= 4 is 32.6 Å². The van der Waals surface area contributed by atoms with Gasteiger partial charge in [0.2, 0.25) is 0 Å². The Morgan fingerprint density at radius 3 is 2.36 bits per heavy atom. The van der Waals surface area contributed by atoms with Gasteiger partial charge in [0, 0.05) is 61.4 Å². The molecule has 5 aromatic rings. The third kappa shape index (κ3) is 2.54. The topological polar surface area (TPSA) is 4.93 Å². The van der Waals surface area contributed by atoms with Crippen LogP contribution in [0.5, 0.6) is 0 Å². The van der Waals surface area contributed by atoms with E-state index in [2.05, 4.69) is 84.4 Å². The number of aryl methyl sites for hydroxylation is 1. The zero-order valence-electron chi connectivity index (χ0n) is 14.0. The van der Waals surface area contributed by atoms with Crippen LogP contribution in [0.1, 0.15) is 0 Å². The second-order valence-corrected chi connectivity index (χ2v) is 6.26. The minimum Gasteiger partial charge on any atom is -0.343 e. The molecule has 0 unspecified atom stereocenters. The van der Waals surface area contributed by atoms with E-state index in [9.17, 15) is 0 Å². The number of rotatable bonds is 1. The summed E-state index contributed by atoms with van der Waals surface area (Å²) in [5.74, 6) is 0. The first-order valence-corrected chi connectivity index (χ1v) is 8.19. The summed E-state index contributed by atoms with van der Waals surface area (Å²) in [7, 11) is 2.16. The molecule has 0 saturated carbocycles. The normalized spacial score (nSPS) is 11.1. The number of hydrogen-bond acceptors (Lipinski definition) is 0. The molecule has 0 spiro atoms.